The Balaban J connectivity index is 1.62. The van der Waals surface area contributed by atoms with Gasteiger partial charge in [-0.05, 0) is 60.4 Å². The van der Waals surface area contributed by atoms with Gasteiger partial charge in [-0.25, -0.2) is 23.5 Å². The van der Waals surface area contributed by atoms with Crippen LogP contribution >= 0.6 is 0 Å². The van der Waals surface area contributed by atoms with Gasteiger partial charge in [0.2, 0.25) is 5.75 Å². The number of aromatic hydroxyl groups is 1. The number of carbonyl (C=O) groups excluding carboxylic acids is 2. The van der Waals surface area contributed by atoms with Crippen molar-refractivity contribution in [2.45, 2.75) is 38.8 Å². The Morgan fingerprint density at radius 2 is 1.62 bits per heavy atom. The number of ketones is 2. The molecule has 4 atom stereocenters. The summed E-state index contributed by atoms with van der Waals surface area (Å²) in [4.78, 5) is 54.8. The molecule has 0 bridgehead atoms. The topological polar surface area (TPSA) is 122 Å². The summed E-state index contributed by atoms with van der Waals surface area (Å²) in [5.74, 6) is -1.67. The summed E-state index contributed by atoms with van der Waals surface area (Å²) in [6.45, 7) is 3.54. The molecule has 0 amide bonds. The van der Waals surface area contributed by atoms with Crippen molar-refractivity contribution in [1.82, 2.24) is 13.9 Å². The van der Waals surface area contributed by atoms with Crippen LogP contribution in [0.2, 0.25) is 0 Å². The van der Waals surface area contributed by atoms with Gasteiger partial charge >= 0.3 is 11.4 Å². The third-order valence-corrected chi connectivity index (χ3v) is 8.75. The smallest absolute Gasteiger partial charge is 0.352 e. The minimum atomic E-state index is -1.18. The zero-order valence-corrected chi connectivity index (χ0v) is 22.6. The van der Waals surface area contributed by atoms with Crippen molar-refractivity contribution in [1.29, 1.82) is 0 Å². The van der Waals surface area contributed by atoms with Crippen LogP contribution in [0.1, 0.15) is 37.8 Å². The van der Waals surface area contributed by atoms with E-state index in [9.17, 15) is 24.3 Å². The van der Waals surface area contributed by atoms with Crippen molar-refractivity contribution in [2.75, 3.05) is 14.2 Å². The third kappa shape index (κ3) is 3.34. The molecular formula is C30H29N3O7. The number of carbonyl (C=O) groups is 2. The molecule has 0 radical (unpaired) electrons. The maximum absolute atomic E-state index is 13.9. The molecule has 2 aliphatic carbocycles. The number of para-hydroxylation sites is 1. The van der Waals surface area contributed by atoms with Gasteiger partial charge in [0.15, 0.2) is 23.1 Å². The molecule has 40 heavy (non-hydrogen) atoms. The summed E-state index contributed by atoms with van der Waals surface area (Å²) in [5.41, 5.74) is -0.0256. The lowest BCUT2D eigenvalue weighted by Crippen LogP contribution is -2.54. The van der Waals surface area contributed by atoms with E-state index < -0.39 is 34.7 Å². The Kier molecular flexibility index (Phi) is 5.76. The number of hydrogen-bond donors (Lipinski definition) is 1. The Hall–Kier alpha value is -4.60. The van der Waals surface area contributed by atoms with E-state index >= 15 is 0 Å². The molecule has 1 aliphatic heterocycles. The second-order valence-electron chi connectivity index (χ2n) is 10.7. The van der Waals surface area contributed by atoms with Crippen LogP contribution in [-0.4, -0.2) is 44.8 Å². The molecular weight excluding hydrogens is 514 g/mol. The monoisotopic (exact) mass is 543 g/mol. The number of ether oxygens (including phenoxy) is 2. The van der Waals surface area contributed by atoms with Gasteiger partial charge in [-0.2, -0.15) is 0 Å². The van der Waals surface area contributed by atoms with Crippen LogP contribution in [0.5, 0.6) is 17.2 Å². The van der Waals surface area contributed by atoms with Crippen LogP contribution in [-0.2, 0) is 16.1 Å². The van der Waals surface area contributed by atoms with E-state index in [0.717, 1.165) is 10.1 Å². The SMILES string of the molecule is COc1cc([C@H]2C3=CCn4c(=O)n(-c5ccccc5)c(=O)n4[C@@H]3C[C@H]3C(=O)C=C(C)C(=O)[C@@]23C)cc(OC)c1O. The standard InChI is InChI=1S/C30H29N3O7/c1-16-12-22(34)20-15-21-19(10-11-31-28(37)32(29(38)33(21)31)18-8-6-5-7-9-18)25(30(20,2)27(16)36)17-13-23(39-3)26(35)24(14-17)40-4/h5-10,12-14,20-21,25,35H,11,15H2,1-4H3/t20-,21+,25-,30+/m0/s1. The molecule has 2 heterocycles. The maximum atomic E-state index is 13.9. The number of hydrogen-bond acceptors (Lipinski definition) is 7. The van der Waals surface area contributed by atoms with Crippen molar-refractivity contribution in [2.24, 2.45) is 11.3 Å². The molecule has 6 rings (SSSR count). The van der Waals surface area contributed by atoms with E-state index in [-0.39, 0.29) is 41.8 Å². The summed E-state index contributed by atoms with van der Waals surface area (Å²) in [7, 11) is 2.83. The second kappa shape index (κ2) is 8.97. The number of fused-ring (bicyclic) bond motifs is 4. The summed E-state index contributed by atoms with van der Waals surface area (Å²) < 4.78 is 14.8. The highest BCUT2D eigenvalue weighted by Crippen LogP contribution is 2.60. The minimum Gasteiger partial charge on any atom is -0.502 e. The summed E-state index contributed by atoms with van der Waals surface area (Å²) >= 11 is 0. The average molecular weight is 544 g/mol. The molecule has 3 aliphatic rings. The zero-order valence-electron chi connectivity index (χ0n) is 22.6. The Bertz CT molecular complexity index is 1730. The van der Waals surface area contributed by atoms with Gasteiger partial charge in [-0.1, -0.05) is 31.2 Å². The highest BCUT2D eigenvalue weighted by atomic mass is 16.5. The second-order valence-corrected chi connectivity index (χ2v) is 10.7. The van der Waals surface area contributed by atoms with E-state index in [1.54, 1.807) is 56.3 Å². The van der Waals surface area contributed by atoms with Crippen LogP contribution in [0.25, 0.3) is 5.69 Å². The summed E-state index contributed by atoms with van der Waals surface area (Å²) in [6.07, 6.45) is 3.44. The normalized spacial score (nSPS) is 25.4. The number of nitrogens with zero attached hydrogens (tertiary/aromatic N) is 3. The molecule has 0 saturated heterocycles. The predicted octanol–water partition coefficient (Wildman–Crippen LogP) is 2.91. The number of benzene rings is 2. The molecule has 10 nitrogen and oxygen atoms in total. The number of phenols is 1. The molecule has 1 fully saturated rings. The molecule has 1 aromatic heterocycles. The van der Waals surface area contributed by atoms with Gasteiger partial charge in [0.25, 0.3) is 0 Å². The fraction of sp³-hybridized carbons (Fsp3) is 0.333. The molecule has 3 aromatic rings. The Morgan fingerprint density at radius 1 is 0.975 bits per heavy atom. The predicted molar refractivity (Wildman–Crippen MR) is 145 cm³/mol. The van der Waals surface area contributed by atoms with Gasteiger partial charge in [-0.15, -0.1) is 0 Å². The van der Waals surface area contributed by atoms with E-state index in [0.29, 0.717) is 16.8 Å². The lowest BCUT2D eigenvalue weighted by molar-refractivity contribution is -0.139. The number of aromatic nitrogens is 3. The van der Waals surface area contributed by atoms with Gasteiger partial charge in [0.1, 0.15) is 0 Å². The first-order chi connectivity index (χ1) is 19.1. The molecule has 1 saturated carbocycles. The Labute approximate surface area is 229 Å². The van der Waals surface area contributed by atoms with Crippen molar-refractivity contribution in [3.8, 4) is 22.9 Å². The summed E-state index contributed by atoms with van der Waals surface area (Å²) in [6, 6.07) is 11.3. The van der Waals surface area contributed by atoms with E-state index in [2.05, 4.69) is 0 Å². The van der Waals surface area contributed by atoms with Crippen LogP contribution in [0.4, 0.5) is 0 Å². The van der Waals surface area contributed by atoms with Crippen LogP contribution in [0.15, 0.2) is 75.4 Å². The van der Waals surface area contributed by atoms with Gasteiger partial charge < -0.3 is 14.6 Å². The lowest BCUT2D eigenvalue weighted by atomic mass is 9.51. The fourth-order valence-electron chi connectivity index (χ4n) is 6.92. The van der Waals surface area contributed by atoms with Crippen LogP contribution < -0.4 is 20.9 Å². The van der Waals surface area contributed by atoms with E-state index in [1.807, 2.05) is 6.08 Å². The molecule has 206 valence electrons. The number of methoxy groups -OCH3 is 2. The average Bonchev–Trinajstić information content (AvgIpc) is 3.21. The first kappa shape index (κ1) is 25.7. The number of rotatable bonds is 4. The molecule has 1 N–H and O–H groups in total. The highest BCUT2D eigenvalue weighted by molar-refractivity contribution is 6.13. The number of Topliss-reactive ketones (excluding diaryl/α,β-unsaturated/α-hetero) is 1. The van der Waals surface area contributed by atoms with Crippen molar-refractivity contribution in [3.63, 3.8) is 0 Å². The number of allylic oxidation sites excluding steroid dienone is 4. The Morgan fingerprint density at radius 3 is 2.25 bits per heavy atom. The zero-order chi connectivity index (χ0) is 28.5. The maximum Gasteiger partial charge on any atom is 0.352 e. The van der Waals surface area contributed by atoms with Crippen LogP contribution in [0.3, 0.4) is 0 Å². The van der Waals surface area contributed by atoms with Gasteiger partial charge in [0, 0.05) is 11.8 Å². The largest absolute Gasteiger partial charge is 0.502 e. The first-order valence-electron chi connectivity index (χ1n) is 13.0. The van der Waals surface area contributed by atoms with Crippen molar-refractivity contribution in [3.05, 3.63) is 92.3 Å². The molecule has 0 spiro atoms. The summed E-state index contributed by atoms with van der Waals surface area (Å²) in [5, 5.41) is 10.6. The van der Waals surface area contributed by atoms with E-state index in [1.165, 1.54) is 29.7 Å². The van der Waals surface area contributed by atoms with Crippen molar-refractivity contribution < 1.29 is 24.2 Å². The molecule has 2 aromatic carbocycles. The quantitative estimate of drug-likeness (QED) is 0.502. The first-order valence-corrected chi connectivity index (χ1v) is 13.0. The van der Waals surface area contributed by atoms with Crippen molar-refractivity contribution >= 4 is 11.6 Å². The van der Waals surface area contributed by atoms with E-state index in [4.69, 9.17) is 9.47 Å². The highest BCUT2D eigenvalue weighted by Gasteiger charge is 2.59. The van der Waals surface area contributed by atoms with Gasteiger partial charge in [-0.3, -0.25) is 9.59 Å². The molecule has 10 heteroatoms. The minimum absolute atomic E-state index is 0.111. The lowest BCUT2D eigenvalue weighted by Gasteiger charge is -2.52. The van der Waals surface area contributed by atoms with Crippen LogP contribution in [0, 0.1) is 11.3 Å². The van der Waals surface area contributed by atoms with Gasteiger partial charge in [0.05, 0.1) is 37.9 Å². The fourth-order valence-corrected chi connectivity index (χ4v) is 6.92. The molecule has 0 unspecified atom stereocenters. The number of phenolic OH excluding ortho intramolecular Hbond substituents is 1. The third-order valence-electron chi connectivity index (χ3n) is 8.75.